The quantitative estimate of drug-likeness (QED) is 0.659. The Labute approximate surface area is 133 Å². The van der Waals surface area contributed by atoms with Crippen molar-refractivity contribution in [1.29, 1.82) is 0 Å². The normalized spacial score (nSPS) is 28.9. The summed E-state index contributed by atoms with van der Waals surface area (Å²) in [5.41, 5.74) is 0. The monoisotopic (exact) mass is 294 g/mol. The minimum Gasteiger partial charge on any atom is -0.311 e. The first kappa shape index (κ1) is 17.3. The molecule has 0 bridgehead atoms. The van der Waals surface area contributed by atoms with Crippen LogP contribution in [-0.4, -0.2) is 36.6 Å². The predicted octanol–water partition coefficient (Wildman–Crippen LogP) is 4.59. The summed E-state index contributed by atoms with van der Waals surface area (Å²) in [7, 11) is 0. The van der Waals surface area contributed by atoms with Crippen molar-refractivity contribution >= 4 is 0 Å². The number of nitrogens with one attached hydrogen (secondary N) is 1. The highest BCUT2D eigenvalue weighted by Gasteiger charge is 2.30. The lowest BCUT2D eigenvalue weighted by molar-refractivity contribution is 0.102. The Morgan fingerprint density at radius 2 is 1.67 bits per heavy atom. The Balaban J connectivity index is 1.65. The average Bonchev–Trinajstić information content (AvgIpc) is 2.53. The molecular formula is C19H38N2. The van der Waals surface area contributed by atoms with E-state index >= 15 is 0 Å². The van der Waals surface area contributed by atoms with Crippen LogP contribution in [0.15, 0.2) is 0 Å². The van der Waals surface area contributed by atoms with Crippen LogP contribution in [-0.2, 0) is 0 Å². The van der Waals surface area contributed by atoms with Gasteiger partial charge in [-0.2, -0.15) is 0 Å². The molecule has 2 nitrogen and oxygen atoms in total. The van der Waals surface area contributed by atoms with Crippen LogP contribution in [0.1, 0.15) is 84.5 Å². The molecule has 2 unspecified atom stereocenters. The molecule has 2 atom stereocenters. The van der Waals surface area contributed by atoms with Crippen LogP contribution < -0.4 is 5.32 Å². The van der Waals surface area contributed by atoms with E-state index in [1.54, 1.807) is 0 Å². The van der Waals surface area contributed by atoms with Gasteiger partial charge in [0.25, 0.3) is 0 Å². The van der Waals surface area contributed by atoms with Crippen molar-refractivity contribution in [2.75, 3.05) is 19.6 Å². The minimum absolute atomic E-state index is 0.737. The average molecular weight is 295 g/mol. The maximum absolute atomic E-state index is 3.85. The van der Waals surface area contributed by atoms with E-state index in [0.717, 1.165) is 18.0 Å². The van der Waals surface area contributed by atoms with Gasteiger partial charge in [-0.15, -0.1) is 0 Å². The molecular weight excluding hydrogens is 256 g/mol. The smallest absolute Gasteiger partial charge is 0.0224 e. The lowest BCUT2D eigenvalue weighted by Crippen LogP contribution is -2.58. The first-order valence-electron chi connectivity index (χ1n) is 9.78. The van der Waals surface area contributed by atoms with Gasteiger partial charge in [0.05, 0.1) is 0 Å². The number of hydrogen-bond acceptors (Lipinski definition) is 2. The van der Waals surface area contributed by atoms with Gasteiger partial charge in [-0.1, -0.05) is 58.3 Å². The van der Waals surface area contributed by atoms with E-state index in [-0.39, 0.29) is 0 Å². The van der Waals surface area contributed by atoms with E-state index in [9.17, 15) is 0 Å². The summed E-state index contributed by atoms with van der Waals surface area (Å²) in [6.07, 6.45) is 15.9. The topological polar surface area (TPSA) is 15.3 Å². The standard InChI is InChI=1S/C19H38N2/c1-3-4-5-6-7-11-14-21-16-19(20-15-17(21)2)18-12-9-8-10-13-18/h17-20H,3-16H2,1-2H3. The largest absolute Gasteiger partial charge is 0.311 e. The van der Waals surface area contributed by atoms with Gasteiger partial charge in [-0.3, -0.25) is 4.90 Å². The molecule has 0 radical (unpaired) electrons. The van der Waals surface area contributed by atoms with Gasteiger partial charge in [0.15, 0.2) is 0 Å². The fourth-order valence-electron chi connectivity index (χ4n) is 4.21. The number of piperazine rings is 1. The highest BCUT2D eigenvalue weighted by molar-refractivity contribution is 4.89. The van der Waals surface area contributed by atoms with Crippen LogP contribution >= 0.6 is 0 Å². The van der Waals surface area contributed by atoms with Gasteiger partial charge in [0, 0.05) is 25.2 Å². The third-order valence-corrected chi connectivity index (χ3v) is 5.75. The maximum Gasteiger partial charge on any atom is 0.0224 e. The van der Waals surface area contributed by atoms with Gasteiger partial charge < -0.3 is 5.32 Å². The fourth-order valence-corrected chi connectivity index (χ4v) is 4.21. The van der Waals surface area contributed by atoms with Crippen LogP contribution in [0.2, 0.25) is 0 Å². The van der Waals surface area contributed by atoms with E-state index in [2.05, 4.69) is 24.1 Å². The van der Waals surface area contributed by atoms with Crippen molar-refractivity contribution in [2.45, 2.75) is 96.6 Å². The predicted molar refractivity (Wildman–Crippen MR) is 92.8 cm³/mol. The number of unbranched alkanes of at least 4 members (excludes halogenated alkanes) is 5. The first-order valence-corrected chi connectivity index (χ1v) is 9.78. The minimum atomic E-state index is 0.737. The third kappa shape index (κ3) is 5.90. The van der Waals surface area contributed by atoms with Crippen molar-refractivity contribution < 1.29 is 0 Å². The second kappa shape index (κ2) is 9.84. The number of hydrogen-bond donors (Lipinski definition) is 1. The van der Waals surface area contributed by atoms with E-state index in [0.29, 0.717) is 0 Å². The third-order valence-electron chi connectivity index (χ3n) is 5.75. The van der Waals surface area contributed by atoms with Crippen LogP contribution in [0, 0.1) is 5.92 Å². The van der Waals surface area contributed by atoms with Crippen molar-refractivity contribution in [3.8, 4) is 0 Å². The molecule has 2 heteroatoms. The van der Waals surface area contributed by atoms with Gasteiger partial charge in [0.2, 0.25) is 0 Å². The summed E-state index contributed by atoms with van der Waals surface area (Å²) >= 11 is 0. The summed E-state index contributed by atoms with van der Waals surface area (Å²) in [4.78, 5) is 2.77. The summed E-state index contributed by atoms with van der Waals surface area (Å²) in [5.74, 6) is 0.957. The Bertz CT molecular complexity index is 260. The van der Waals surface area contributed by atoms with Gasteiger partial charge in [0.1, 0.15) is 0 Å². The molecule has 21 heavy (non-hydrogen) atoms. The molecule has 0 aromatic carbocycles. The molecule has 1 saturated heterocycles. The van der Waals surface area contributed by atoms with Crippen molar-refractivity contribution in [3.63, 3.8) is 0 Å². The molecule has 1 heterocycles. The van der Waals surface area contributed by atoms with E-state index in [1.807, 2.05) is 0 Å². The zero-order valence-corrected chi connectivity index (χ0v) is 14.6. The Hall–Kier alpha value is -0.0800. The lowest BCUT2D eigenvalue weighted by atomic mass is 9.82. The van der Waals surface area contributed by atoms with Crippen LogP contribution in [0.25, 0.3) is 0 Å². The van der Waals surface area contributed by atoms with Crippen molar-refractivity contribution in [3.05, 3.63) is 0 Å². The molecule has 2 fully saturated rings. The molecule has 2 rings (SSSR count). The Morgan fingerprint density at radius 3 is 2.43 bits per heavy atom. The highest BCUT2D eigenvalue weighted by atomic mass is 15.2. The fraction of sp³-hybridized carbons (Fsp3) is 1.00. The van der Waals surface area contributed by atoms with Crippen LogP contribution in [0.5, 0.6) is 0 Å². The van der Waals surface area contributed by atoms with Gasteiger partial charge >= 0.3 is 0 Å². The van der Waals surface area contributed by atoms with Gasteiger partial charge in [-0.25, -0.2) is 0 Å². The van der Waals surface area contributed by atoms with Crippen LogP contribution in [0.4, 0.5) is 0 Å². The number of rotatable bonds is 8. The first-order chi connectivity index (χ1) is 10.3. The van der Waals surface area contributed by atoms with Gasteiger partial charge in [-0.05, 0) is 38.6 Å². The molecule has 1 saturated carbocycles. The SMILES string of the molecule is CCCCCCCCN1CC(C2CCCCC2)NCC1C. The zero-order valence-electron chi connectivity index (χ0n) is 14.6. The molecule has 0 amide bonds. The van der Waals surface area contributed by atoms with Crippen LogP contribution in [0.3, 0.4) is 0 Å². The number of nitrogens with zero attached hydrogens (tertiary/aromatic N) is 1. The highest BCUT2D eigenvalue weighted by Crippen LogP contribution is 2.28. The summed E-state index contributed by atoms with van der Waals surface area (Å²) in [5, 5.41) is 3.85. The van der Waals surface area contributed by atoms with Crippen molar-refractivity contribution in [1.82, 2.24) is 10.2 Å². The molecule has 1 N–H and O–H groups in total. The lowest BCUT2D eigenvalue weighted by Gasteiger charge is -2.43. The van der Waals surface area contributed by atoms with Crippen molar-refractivity contribution in [2.24, 2.45) is 5.92 Å². The Kier molecular flexibility index (Phi) is 8.10. The molecule has 1 aliphatic heterocycles. The molecule has 124 valence electrons. The summed E-state index contributed by atoms with van der Waals surface area (Å²) in [6.45, 7) is 8.55. The Morgan fingerprint density at radius 1 is 0.952 bits per heavy atom. The zero-order chi connectivity index (χ0) is 14.9. The molecule has 0 aromatic heterocycles. The molecule has 0 spiro atoms. The maximum atomic E-state index is 3.85. The van der Waals surface area contributed by atoms with E-state index in [1.165, 1.54) is 90.3 Å². The summed E-state index contributed by atoms with van der Waals surface area (Å²) < 4.78 is 0. The molecule has 2 aliphatic rings. The second-order valence-corrected chi connectivity index (χ2v) is 7.52. The van der Waals surface area contributed by atoms with E-state index < -0.39 is 0 Å². The summed E-state index contributed by atoms with van der Waals surface area (Å²) in [6, 6.07) is 1.52. The van der Waals surface area contributed by atoms with E-state index in [4.69, 9.17) is 0 Å². The molecule has 1 aliphatic carbocycles. The second-order valence-electron chi connectivity index (χ2n) is 7.52. The molecule has 0 aromatic rings.